The van der Waals surface area contributed by atoms with Crippen molar-refractivity contribution in [1.82, 2.24) is 0 Å². The molecular weight excluding hydrogens is 188 g/mol. The molecule has 0 heterocycles. The van der Waals surface area contributed by atoms with Crippen LogP contribution in [0.5, 0.6) is 0 Å². The van der Waals surface area contributed by atoms with Crippen molar-refractivity contribution in [2.24, 2.45) is 0 Å². The zero-order chi connectivity index (χ0) is 10.3. The third kappa shape index (κ3) is 8.77. The molecule has 0 aromatic rings. The lowest BCUT2D eigenvalue weighted by Crippen LogP contribution is -2.11. The van der Waals surface area contributed by atoms with E-state index < -0.39 is 19.7 Å². The minimum absolute atomic E-state index is 0.0548. The second kappa shape index (κ2) is 5.50. The summed E-state index contributed by atoms with van der Waals surface area (Å²) in [7, 11) is 0. The molecule has 0 amide bonds. The minimum Gasteiger partial charge on any atom is -0.445 e. The van der Waals surface area contributed by atoms with E-state index in [-0.39, 0.29) is 12.6 Å². The third-order valence-corrected chi connectivity index (χ3v) is 0.914. The van der Waals surface area contributed by atoms with Crippen molar-refractivity contribution in [1.29, 1.82) is 0 Å². The summed E-state index contributed by atoms with van der Waals surface area (Å²) in [6, 6.07) is 0. The average molecular weight is 197 g/mol. The predicted molar refractivity (Wildman–Crippen MR) is 41.2 cm³/mol. The number of rotatable bonds is 4. The Morgan fingerprint density at radius 1 is 1.38 bits per heavy atom. The Hall–Kier alpha value is -1.14. The highest BCUT2D eigenvalue weighted by Crippen LogP contribution is 2.08. The van der Waals surface area contributed by atoms with E-state index in [1.54, 1.807) is 6.92 Å². The van der Waals surface area contributed by atoms with Crippen LogP contribution in [0, 0.1) is 0 Å². The zero-order valence-electron chi connectivity index (χ0n) is 7.00. The summed E-state index contributed by atoms with van der Waals surface area (Å²) in [5.74, 6) is 0.0548. The largest absolute Gasteiger partial charge is 0.508 e. The van der Waals surface area contributed by atoms with E-state index in [0.29, 0.717) is 0 Å². The van der Waals surface area contributed by atoms with Gasteiger partial charge in [-0.1, -0.05) is 6.08 Å². The molecule has 0 saturated carbocycles. The van der Waals surface area contributed by atoms with Crippen LogP contribution >= 0.6 is 0 Å². The predicted octanol–water partition coefficient (Wildman–Crippen LogP) is 2.10. The van der Waals surface area contributed by atoms with Crippen LogP contribution in [0.15, 0.2) is 12.1 Å². The Morgan fingerprint density at radius 2 is 2.00 bits per heavy atom. The molecule has 0 bridgehead atoms. The van der Waals surface area contributed by atoms with E-state index >= 15 is 0 Å². The van der Waals surface area contributed by atoms with Crippen LogP contribution in [0.2, 0.25) is 0 Å². The fraction of sp³-hybridized carbons (Fsp3) is 0.500. The van der Waals surface area contributed by atoms with Gasteiger partial charge in [0.15, 0.2) is 0 Å². The Kier molecular flexibility index (Phi) is 5.02. The molecule has 0 saturated heterocycles. The van der Waals surface area contributed by atoms with Crippen molar-refractivity contribution in [3.8, 4) is 0 Å². The van der Waals surface area contributed by atoms with Crippen molar-refractivity contribution in [3.05, 3.63) is 12.1 Å². The molecule has 0 aliphatic rings. The number of carbonyl (C=O) groups is 1. The molecule has 13 heavy (non-hydrogen) atoms. The number of halogens is 3. The van der Waals surface area contributed by atoms with E-state index in [9.17, 15) is 17.7 Å². The van der Waals surface area contributed by atoms with Gasteiger partial charge in [0.2, 0.25) is 0 Å². The maximum Gasteiger partial charge on any atom is 0.508 e. The van der Waals surface area contributed by atoms with Crippen LogP contribution in [-0.2, 0) is 9.47 Å². The van der Waals surface area contributed by atoms with Crippen LogP contribution in [0.4, 0.5) is 17.7 Å². The van der Waals surface area contributed by atoms with E-state index in [1.165, 1.54) is 0 Å². The van der Waals surface area contributed by atoms with Gasteiger partial charge in [-0.15, -0.1) is 5.98 Å². The number of carbonyl (C=O) groups excluding carboxylic acids is 1. The Balaban J connectivity index is 3.56. The first-order chi connectivity index (χ1) is 5.95. The molecule has 0 radical (unpaired) electrons. The molecule has 0 unspecified atom stereocenters. The van der Waals surface area contributed by atoms with Gasteiger partial charge in [0.05, 0.1) is 6.61 Å². The van der Waals surface area contributed by atoms with Crippen molar-refractivity contribution < 1.29 is 27.2 Å². The first-order valence-electron chi connectivity index (χ1n) is 3.63. The van der Waals surface area contributed by atoms with E-state index in [0.717, 1.165) is 6.08 Å². The highest BCUT2D eigenvalue weighted by molar-refractivity contribution is 6.64. The van der Waals surface area contributed by atoms with Gasteiger partial charge in [-0.25, -0.2) is 4.79 Å². The molecular formula is C6H9BF3O3-. The molecule has 7 heteroatoms. The highest BCUT2D eigenvalue weighted by Gasteiger charge is 2.16. The molecule has 0 rings (SSSR count). The summed E-state index contributed by atoms with van der Waals surface area (Å²) in [6.45, 7) is -3.69. The zero-order valence-corrected chi connectivity index (χ0v) is 7.00. The van der Waals surface area contributed by atoms with Crippen LogP contribution in [0.25, 0.3) is 0 Å². The summed E-state index contributed by atoms with van der Waals surface area (Å²) < 4.78 is 43.1. The normalized spacial score (nSPS) is 11.7. The maximum absolute atomic E-state index is 11.5. The number of hydrogen-bond acceptors (Lipinski definition) is 3. The second-order valence-corrected chi connectivity index (χ2v) is 2.05. The topological polar surface area (TPSA) is 35.5 Å². The Labute approximate surface area is 73.6 Å². The summed E-state index contributed by atoms with van der Waals surface area (Å²) >= 11 is 0. The molecule has 76 valence electrons. The van der Waals surface area contributed by atoms with Gasteiger partial charge >= 0.3 is 13.1 Å². The standard InChI is InChI=1S/C6H9BF3O3/c1-2-12-6(11)13-5-3-4-7(8,9)10/h3-4H,2,5H2,1H3/q-1/b4-3+. The summed E-state index contributed by atoms with van der Waals surface area (Å²) in [5, 5.41) is 0. The van der Waals surface area contributed by atoms with Gasteiger partial charge in [0.25, 0.3) is 0 Å². The molecule has 0 atom stereocenters. The minimum atomic E-state index is -4.95. The number of hydrogen-bond donors (Lipinski definition) is 0. The molecule has 3 nitrogen and oxygen atoms in total. The third-order valence-electron chi connectivity index (χ3n) is 0.914. The summed E-state index contributed by atoms with van der Waals surface area (Å²) in [4.78, 5) is 10.4. The molecule has 0 aliphatic carbocycles. The molecule has 0 fully saturated rings. The fourth-order valence-corrected chi connectivity index (χ4v) is 0.486. The van der Waals surface area contributed by atoms with Gasteiger partial charge < -0.3 is 22.4 Å². The lowest BCUT2D eigenvalue weighted by atomic mass is 9.92. The van der Waals surface area contributed by atoms with Crippen LogP contribution < -0.4 is 0 Å². The van der Waals surface area contributed by atoms with Gasteiger partial charge in [0.1, 0.15) is 6.61 Å². The molecule has 0 N–H and O–H groups in total. The SMILES string of the molecule is CCOC(=O)OC/C=C/[B-](F)(F)F. The Morgan fingerprint density at radius 3 is 2.46 bits per heavy atom. The lowest BCUT2D eigenvalue weighted by Gasteiger charge is -2.06. The first-order valence-corrected chi connectivity index (χ1v) is 3.63. The molecule has 0 aromatic carbocycles. The van der Waals surface area contributed by atoms with Crippen molar-refractivity contribution in [2.45, 2.75) is 6.92 Å². The highest BCUT2D eigenvalue weighted by atomic mass is 19.4. The number of ether oxygens (including phenoxy) is 2. The lowest BCUT2D eigenvalue weighted by molar-refractivity contribution is 0.0673. The Bertz CT molecular complexity index is 190. The smallest absolute Gasteiger partial charge is 0.445 e. The average Bonchev–Trinajstić information content (AvgIpc) is 1.97. The van der Waals surface area contributed by atoms with E-state index in [2.05, 4.69) is 9.47 Å². The quantitative estimate of drug-likeness (QED) is 0.511. The van der Waals surface area contributed by atoms with E-state index in [1.807, 2.05) is 0 Å². The second-order valence-electron chi connectivity index (χ2n) is 2.05. The van der Waals surface area contributed by atoms with Gasteiger partial charge in [-0.3, -0.25) is 0 Å². The summed E-state index contributed by atoms with van der Waals surface area (Å²) in [6.07, 6.45) is -0.251. The van der Waals surface area contributed by atoms with Gasteiger partial charge in [-0.05, 0) is 6.92 Å². The summed E-state index contributed by atoms with van der Waals surface area (Å²) in [5.41, 5.74) is 0. The van der Waals surface area contributed by atoms with Gasteiger partial charge in [0, 0.05) is 0 Å². The first kappa shape index (κ1) is 11.9. The van der Waals surface area contributed by atoms with Crippen LogP contribution in [-0.4, -0.2) is 26.3 Å². The van der Waals surface area contributed by atoms with Gasteiger partial charge in [-0.2, -0.15) is 0 Å². The fourth-order valence-electron chi connectivity index (χ4n) is 0.486. The monoisotopic (exact) mass is 197 g/mol. The van der Waals surface area contributed by atoms with Crippen molar-refractivity contribution in [3.63, 3.8) is 0 Å². The molecule has 0 aromatic heterocycles. The molecule has 0 spiro atoms. The van der Waals surface area contributed by atoms with Crippen molar-refractivity contribution >= 4 is 13.1 Å². The van der Waals surface area contributed by atoms with Crippen molar-refractivity contribution in [2.75, 3.05) is 13.2 Å². The molecule has 0 aliphatic heterocycles. The maximum atomic E-state index is 11.5. The van der Waals surface area contributed by atoms with Crippen LogP contribution in [0.1, 0.15) is 6.92 Å². The van der Waals surface area contributed by atoms with Crippen LogP contribution in [0.3, 0.4) is 0 Å². The van der Waals surface area contributed by atoms with E-state index in [4.69, 9.17) is 0 Å².